The molecular formula is C23H35N3O6. The second-order valence-electron chi connectivity index (χ2n) is 10.0. The monoisotopic (exact) mass is 449 g/mol. The van der Waals surface area contributed by atoms with Crippen LogP contribution in [0, 0.1) is 5.92 Å². The van der Waals surface area contributed by atoms with Gasteiger partial charge in [0.05, 0.1) is 0 Å². The normalized spacial score (nSPS) is 32.5. The van der Waals surface area contributed by atoms with Gasteiger partial charge in [0.25, 0.3) is 0 Å². The van der Waals surface area contributed by atoms with Gasteiger partial charge >= 0.3 is 12.1 Å². The number of alkyl carbamates (subject to hydrolysis) is 1. The van der Waals surface area contributed by atoms with Crippen molar-refractivity contribution in [2.24, 2.45) is 5.92 Å². The second kappa shape index (κ2) is 9.50. The van der Waals surface area contributed by atoms with E-state index in [-0.39, 0.29) is 11.8 Å². The van der Waals surface area contributed by atoms with E-state index in [9.17, 15) is 24.3 Å². The third kappa shape index (κ3) is 5.61. The van der Waals surface area contributed by atoms with E-state index in [1.54, 1.807) is 20.8 Å². The fourth-order valence-electron chi connectivity index (χ4n) is 4.52. The molecule has 3 rings (SSSR count). The molecule has 3 N–H and O–H groups in total. The molecule has 2 heterocycles. The number of nitrogens with zero attached hydrogens (tertiary/aromatic N) is 1. The van der Waals surface area contributed by atoms with E-state index in [0.29, 0.717) is 32.2 Å². The maximum absolute atomic E-state index is 13.4. The number of nitrogens with one attached hydrogen (secondary N) is 2. The van der Waals surface area contributed by atoms with Crippen LogP contribution in [-0.2, 0) is 19.1 Å². The Bertz CT molecular complexity index is 789. The number of allylic oxidation sites excluding steroid dienone is 1. The molecule has 2 aliphatic heterocycles. The van der Waals surface area contributed by atoms with Crippen LogP contribution in [0.2, 0.25) is 0 Å². The van der Waals surface area contributed by atoms with Crippen molar-refractivity contribution in [1.82, 2.24) is 15.5 Å². The second-order valence-corrected chi connectivity index (χ2v) is 10.0. The van der Waals surface area contributed by atoms with E-state index in [1.165, 1.54) is 4.90 Å². The number of fused-ring (bicyclic) bond motifs is 2. The van der Waals surface area contributed by atoms with Crippen LogP contribution < -0.4 is 10.6 Å². The van der Waals surface area contributed by atoms with Crippen molar-refractivity contribution in [3.63, 3.8) is 0 Å². The van der Waals surface area contributed by atoms with E-state index in [2.05, 4.69) is 10.6 Å². The van der Waals surface area contributed by atoms with Crippen molar-refractivity contribution in [2.45, 2.75) is 95.4 Å². The highest BCUT2D eigenvalue weighted by Crippen LogP contribution is 2.45. The maximum atomic E-state index is 13.4. The molecule has 32 heavy (non-hydrogen) atoms. The Kier molecular flexibility index (Phi) is 7.15. The summed E-state index contributed by atoms with van der Waals surface area (Å²) in [5.41, 5.74) is -1.99. The summed E-state index contributed by atoms with van der Waals surface area (Å²) in [4.78, 5) is 52.2. The van der Waals surface area contributed by atoms with Gasteiger partial charge in [-0.1, -0.05) is 25.0 Å². The number of carboxylic acids is 1. The molecule has 4 atom stereocenters. The zero-order valence-corrected chi connectivity index (χ0v) is 19.2. The molecule has 1 saturated heterocycles. The lowest BCUT2D eigenvalue weighted by molar-refractivity contribution is -0.145. The Balaban J connectivity index is 1.79. The topological polar surface area (TPSA) is 125 Å². The van der Waals surface area contributed by atoms with Gasteiger partial charge in [-0.05, 0) is 59.3 Å². The molecule has 2 fully saturated rings. The van der Waals surface area contributed by atoms with Crippen molar-refractivity contribution >= 4 is 23.9 Å². The summed E-state index contributed by atoms with van der Waals surface area (Å²) in [5.74, 6) is -2.05. The zero-order chi connectivity index (χ0) is 23.5. The van der Waals surface area contributed by atoms with Gasteiger partial charge in [0.2, 0.25) is 11.8 Å². The molecule has 0 aromatic carbocycles. The number of carboxylic acid groups (broad SMARTS) is 1. The first-order valence-corrected chi connectivity index (χ1v) is 11.6. The molecule has 0 bridgehead atoms. The zero-order valence-electron chi connectivity index (χ0n) is 19.2. The summed E-state index contributed by atoms with van der Waals surface area (Å²) >= 11 is 0. The number of hydrogen-bond acceptors (Lipinski definition) is 5. The summed E-state index contributed by atoms with van der Waals surface area (Å²) in [6, 6.07) is -1.53. The van der Waals surface area contributed by atoms with Gasteiger partial charge in [0, 0.05) is 12.5 Å². The minimum Gasteiger partial charge on any atom is -0.479 e. The first kappa shape index (κ1) is 24.1. The SMILES string of the molecule is CC(C)(C)OC(=O)N[C@H]1CCCCC/C=C\[C@H]2C[C@@]2(C(=O)O)NC(=O)C2CCCN2C1=O. The number of carbonyl (C=O) groups is 4. The first-order chi connectivity index (χ1) is 15.0. The predicted octanol–water partition coefficient (Wildman–Crippen LogP) is 2.35. The summed E-state index contributed by atoms with van der Waals surface area (Å²) < 4.78 is 5.33. The van der Waals surface area contributed by atoms with Crippen molar-refractivity contribution in [3.05, 3.63) is 12.2 Å². The molecule has 3 aliphatic rings. The van der Waals surface area contributed by atoms with Crippen LogP contribution in [0.15, 0.2) is 12.2 Å². The largest absolute Gasteiger partial charge is 0.479 e. The molecule has 9 heteroatoms. The van der Waals surface area contributed by atoms with Crippen molar-refractivity contribution in [1.29, 1.82) is 0 Å². The highest BCUT2D eigenvalue weighted by atomic mass is 16.6. The highest BCUT2D eigenvalue weighted by molar-refractivity contribution is 5.96. The molecule has 0 spiro atoms. The van der Waals surface area contributed by atoms with E-state index < -0.39 is 41.2 Å². The van der Waals surface area contributed by atoms with Gasteiger partial charge in [-0.15, -0.1) is 0 Å². The van der Waals surface area contributed by atoms with Crippen LogP contribution in [0.3, 0.4) is 0 Å². The predicted molar refractivity (Wildman–Crippen MR) is 117 cm³/mol. The highest BCUT2D eigenvalue weighted by Gasteiger charge is 2.61. The Morgan fingerprint density at radius 3 is 2.62 bits per heavy atom. The quantitative estimate of drug-likeness (QED) is 0.556. The fraction of sp³-hybridized carbons (Fsp3) is 0.739. The Labute approximate surface area is 188 Å². The van der Waals surface area contributed by atoms with Gasteiger partial charge < -0.3 is 25.4 Å². The number of amides is 3. The summed E-state index contributed by atoms with van der Waals surface area (Å²) in [7, 11) is 0. The van der Waals surface area contributed by atoms with Crippen LogP contribution in [0.25, 0.3) is 0 Å². The third-order valence-corrected chi connectivity index (χ3v) is 6.30. The van der Waals surface area contributed by atoms with Crippen molar-refractivity contribution in [3.8, 4) is 0 Å². The number of aliphatic carboxylic acids is 1. The van der Waals surface area contributed by atoms with E-state index in [0.717, 1.165) is 25.7 Å². The average molecular weight is 450 g/mol. The van der Waals surface area contributed by atoms with E-state index in [1.807, 2.05) is 12.2 Å². The molecule has 1 saturated carbocycles. The summed E-state index contributed by atoms with van der Waals surface area (Å²) in [5, 5.41) is 15.2. The number of carbonyl (C=O) groups excluding carboxylic acids is 3. The van der Waals surface area contributed by atoms with Crippen LogP contribution in [-0.4, -0.2) is 63.7 Å². The van der Waals surface area contributed by atoms with Crippen molar-refractivity contribution < 1.29 is 29.0 Å². The van der Waals surface area contributed by atoms with Gasteiger partial charge in [0.15, 0.2) is 0 Å². The van der Waals surface area contributed by atoms with Gasteiger partial charge in [-0.2, -0.15) is 0 Å². The smallest absolute Gasteiger partial charge is 0.408 e. The molecule has 9 nitrogen and oxygen atoms in total. The summed E-state index contributed by atoms with van der Waals surface area (Å²) in [6.45, 7) is 5.65. The van der Waals surface area contributed by atoms with Crippen LogP contribution in [0.4, 0.5) is 4.79 Å². The molecule has 0 aromatic rings. The lowest BCUT2D eigenvalue weighted by Crippen LogP contribution is -2.56. The molecule has 0 aromatic heterocycles. The Morgan fingerprint density at radius 1 is 1.19 bits per heavy atom. The fourth-order valence-corrected chi connectivity index (χ4v) is 4.52. The number of rotatable bonds is 2. The summed E-state index contributed by atoms with van der Waals surface area (Å²) in [6.07, 6.45) is 8.43. The van der Waals surface area contributed by atoms with Crippen LogP contribution >= 0.6 is 0 Å². The minimum absolute atomic E-state index is 0.235. The van der Waals surface area contributed by atoms with E-state index >= 15 is 0 Å². The molecule has 178 valence electrons. The number of hydrogen-bond donors (Lipinski definition) is 3. The minimum atomic E-state index is -1.29. The molecular weight excluding hydrogens is 414 g/mol. The Hall–Kier alpha value is -2.58. The standard InChI is InChI=1S/C23H35N3O6/c1-22(2,3)32-21(31)24-16-11-8-6-4-5-7-10-15-14-23(15,20(29)30)25-18(27)17-12-9-13-26(17)19(16)28/h7,10,15-17H,4-6,8-9,11-14H2,1-3H3,(H,24,31)(H,25,27)(H,29,30)/b10-7-/t15-,16-,17?,23+/m0/s1. The van der Waals surface area contributed by atoms with Gasteiger partial charge in [-0.25, -0.2) is 9.59 Å². The average Bonchev–Trinajstić information content (AvgIpc) is 3.16. The van der Waals surface area contributed by atoms with Crippen molar-refractivity contribution in [2.75, 3.05) is 6.54 Å². The van der Waals surface area contributed by atoms with Crippen LogP contribution in [0.1, 0.15) is 72.1 Å². The van der Waals surface area contributed by atoms with E-state index in [4.69, 9.17) is 4.74 Å². The third-order valence-electron chi connectivity index (χ3n) is 6.30. The first-order valence-electron chi connectivity index (χ1n) is 11.6. The maximum Gasteiger partial charge on any atom is 0.408 e. The Morgan fingerprint density at radius 2 is 1.94 bits per heavy atom. The lowest BCUT2D eigenvalue weighted by atomic mass is 10.0. The lowest BCUT2D eigenvalue weighted by Gasteiger charge is -2.30. The number of ether oxygens (including phenoxy) is 1. The molecule has 3 amide bonds. The van der Waals surface area contributed by atoms with Gasteiger partial charge in [-0.3, -0.25) is 9.59 Å². The van der Waals surface area contributed by atoms with Gasteiger partial charge in [0.1, 0.15) is 23.2 Å². The molecule has 1 unspecified atom stereocenters. The van der Waals surface area contributed by atoms with Crippen LogP contribution in [0.5, 0.6) is 0 Å². The molecule has 0 radical (unpaired) electrons. The molecule has 1 aliphatic carbocycles.